The van der Waals surface area contributed by atoms with E-state index in [-0.39, 0.29) is 18.2 Å². The molecule has 0 saturated heterocycles. The first-order valence-corrected chi connectivity index (χ1v) is 3.57. The van der Waals surface area contributed by atoms with Crippen LogP contribution >= 0.6 is 0 Å². The highest BCUT2D eigenvalue weighted by Crippen LogP contribution is 1.98. The van der Waals surface area contributed by atoms with E-state index in [0.717, 1.165) is 5.56 Å². The van der Waals surface area contributed by atoms with E-state index in [2.05, 4.69) is 5.32 Å². The molecule has 3 heteroatoms. The van der Waals surface area contributed by atoms with E-state index < -0.39 is 0 Å². The lowest BCUT2D eigenvalue weighted by Crippen LogP contribution is -3.00. The Bertz CT molecular complexity index is 236. The van der Waals surface area contributed by atoms with Gasteiger partial charge in [0.05, 0.1) is 6.54 Å². The molecule has 0 amide bonds. The van der Waals surface area contributed by atoms with Crippen LogP contribution in [0.4, 0.5) is 0 Å². The molecule has 66 valence electrons. The molecule has 1 N–H and O–H groups in total. The van der Waals surface area contributed by atoms with Gasteiger partial charge in [0.25, 0.3) is 0 Å². The lowest BCUT2D eigenvalue weighted by molar-refractivity contribution is -0.0000101. The molecule has 0 bridgehead atoms. The third-order valence-corrected chi connectivity index (χ3v) is 1.43. The summed E-state index contributed by atoms with van der Waals surface area (Å²) in [5.74, 6) is 0.133. The van der Waals surface area contributed by atoms with Gasteiger partial charge in [0.15, 0.2) is 5.78 Å². The molecule has 0 aliphatic rings. The SMILES string of the molecule is CNCC(=O)c1ccccc1.[Cl-]. The predicted octanol–water partition coefficient (Wildman–Crippen LogP) is -1.91. The standard InChI is InChI=1S/C9H11NO.ClH/c1-10-7-9(11)8-5-3-2-4-6-8;/h2-6,10H,7H2,1H3;1H/p-1. The van der Waals surface area contributed by atoms with Crippen LogP contribution in [0, 0.1) is 0 Å². The molecule has 1 aromatic rings. The molecule has 0 aromatic heterocycles. The van der Waals surface area contributed by atoms with Gasteiger partial charge in [-0.25, -0.2) is 0 Å². The third-order valence-electron chi connectivity index (χ3n) is 1.43. The van der Waals surface area contributed by atoms with Crippen molar-refractivity contribution in [2.75, 3.05) is 13.6 Å². The van der Waals surface area contributed by atoms with Crippen molar-refractivity contribution in [1.82, 2.24) is 5.32 Å². The van der Waals surface area contributed by atoms with Crippen molar-refractivity contribution in [3.05, 3.63) is 35.9 Å². The zero-order chi connectivity index (χ0) is 8.10. The Balaban J connectivity index is 0.00000121. The minimum atomic E-state index is 0. The highest BCUT2D eigenvalue weighted by atomic mass is 35.5. The van der Waals surface area contributed by atoms with Crippen molar-refractivity contribution in [1.29, 1.82) is 0 Å². The maximum Gasteiger partial charge on any atom is 0.176 e. The van der Waals surface area contributed by atoms with Gasteiger partial charge in [-0.05, 0) is 7.05 Å². The number of hydrogen-bond donors (Lipinski definition) is 1. The molecule has 0 heterocycles. The molecule has 0 aliphatic carbocycles. The van der Waals surface area contributed by atoms with Crippen LogP contribution in [0.2, 0.25) is 0 Å². The minimum Gasteiger partial charge on any atom is -1.00 e. The summed E-state index contributed by atoms with van der Waals surface area (Å²) in [5.41, 5.74) is 0.766. The van der Waals surface area contributed by atoms with Crippen LogP contribution in [0.25, 0.3) is 0 Å². The van der Waals surface area contributed by atoms with Crippen LogP contribution in [0.1, 0.15) is 10.4 Å². The fraction of sp³-hybridized carbons (Fsp3) is 0.222. The van der Waals surface area contributed by atoms with E-state index in [1.807, 2.05) is 30.3 Å². The van der Waals surface area contributed by atoms with Gasteiger partial charge >= 0.3 is 0 Å². The first-order chi connectivity index (χ1) is 5.34. The number of hydrogen-bond acceptors (Lipinski definition) is 2. The normalized spacial score (nSPS) is 8.75. The molecule has 0 aliphatic heterocycles. The van der Waals surface area contributed by atoms with Gasteiger partial charge in [-0.15, -0.1) is 0 Å². The maximum atomic E-state index is 11.2. The van der Waals surface area contributed by atoms with Crippen LogP contribution < -0.4 is 17.7 Å². The van der Waals surface area contributed by atoms with Gasteiger partial charge in [-0.3, -0.25) is 4.79 Å². The molecule has 0 atom stereocenters. The van der Waals surface area contributed by atoms with Crippen molar-refractivity contribution in [2.45, 2.75) is 0 Å². The third kappa shape index (κ3) is 3.03. The zero-order valence-corrected chi connectivity index (χ0v) is 7.64. The van der Waals surface area contributed by atoms with Crippen LogP contribution in [0.5, 0.6) is 0 Å². The van der Waals surface area contributed by atoms with E-state index in [0.29, 0.717) is 6.54 Å². The fourth-order valence-electron chi connectivity index (χ4n) is 0.887. The highest BCUT2D eigenvalue weighted by Gasteiger charge is 2.00. The number of Topliss-reactive ketones (excluding diaryl/α,β-unsaturated/α-hetero) is 1. The van der Waals surface area contributed by atoms with Gasteiger partial charge in [-0.2, -0.15) is 0 Å². The largest absolute Gasteiger partial charge is 1.00 e. The van der Waals surface area contributed by atoms with Gasteiger partial charge < -0.3 is 17.7 Å². The molecular formula is C9H11ClNO-. The van der Waals surface area contributed by atoms with E-state index in [4.69, 9.17) is 0 Å². The number of carbonyl (C=O) groups excluding carboxylic acids is 1. The average molecular weight is 185 g/mol. The number of rotatable bonds is 3. The van der Waals surface area contributed by atoms with Gasteiger partial charge in [0, 0.05) is 5.56 Å². The molecule has 0 radical (unpaired) electrons. The molecule has 2 nitrogen and oxygen atoms in total. The van der Waals surface area contributed by atoms with Crippen molar-refractivity contribution in [3.8, 4) is 0 Å². The summed E-state index contributed by atoms with van der Waals surface area (Å²) >= 11 is 0. The van der Waals surface area contributed by atoms with E-state index >= 15 is 0 Å². The molecule has 0 spiro atoms. The van der Waals surface area contributed by atoms with E-state index in [1.165, 1.54) is 0 Å². The molecule has 0 fully saturated rings. The Hall–Kier alpha value is -0.860. The summed E-state index contributed by atoms with van der Waals surface area (Å²) in [4.78, 5) is 11.2. The second-order valence-corrected chi connectivity index (χ2v) is 2.32. The predicted molar refractivity (Wildman–Crippen MR) is 44.7 cm³/mol. The molecule has 1 rings (SSSR count). The lowest BCUT2D eigenvalue weighted by Gasteiger charge is -1.97. The summed E-state index contributed by atoms with van der Waals surface area (Å²) < 4.78 is 0. The minimum absolute atomic E-state index is 0. The number of halogens is 1. The Morgan fingerprint density at radius 1 is 1.33 bits per heavy atom. The second kappa shape index (κ2) is 5.75. The Morgan fingerprint density at radius 2 is 1.92 bits per heavy atom. The first kappa shape index (κ1) is 11.1. The van der Waals surface area contributed by atoms with Crippen molar-refractivity contribution < 1.29 is 17.2 Å². The molecular weight excluding hydrogens is 174 g/mol. The number of likely N-dealkylation sites (N-methyl/N-ethyl adjacent to an activating group) is 1. The monoisotopic (exact) mass is 184 g/mol. The summed E-state index contributed by atoms with van der Waals surface area (Å²) in [6.45, 7) is 0.407. The lowest BCUT2D eigenvalue weighted by atomic mass is 10.1. The van der Waals surface area contributed by atoms with E-state index in [1.54, 1.807) is 7.05 Å². The molecule has 0 unspecified atom stereocenters. The number of ketones is 1. The summed E-state index contributed by atoms with van der Waals surface area (Å²) in [7, 11) is 1.76. The average Bonchev–Trinajstić information content (AvgIpc) is 2.07. The molecule has 0 saturated carbocycles. The maximum absolute atomic E-state index is 11.2. The van der Waals surface area contributed by atoms with Crippen molar-refractivity contribution >= 4 is 5.78 Å². The van der Waals surface area contributed by atoms with Gasteiger partial charge in [-0.1, -0.05) is 30.3 Å². The summed E-state index contributed by atoms with van der Waals surface area (Å²) in [6.07, 6.45) is 0. The number of benzene rings is 1. The van der Waals surface area contributed by atoms with Gasteiger partial charge in [0.1, 0.15) is 0 Å². The highest BCUT2D eigenvalue weighted by molar-refractivity contribution is 5.97. The van der Waals surface area contributed by atoms with Crippen molar-refractivity contribution in [2.24, 2.45) is 0 Å². The molecule has 12 heavy (non-hydrogen) atoms. The Morgan fingerprint density at radius 3 is 2.42 bits per heavy atom. The first-order valence-electron chi connectivity index (χ1n) is 3.57. The van der Waals surface area contributed by atoms with Crippen LogP contribution in [0.15, 0.2) is 30.3 Å². The van der Waals surface area contributed by atoms with Crippen LogP contribution in [-0.2, 0) is 0 Å². The fourth-order valence-corrected chi connectivity index (χ4v) is 0.887. The topological polar surface area (TPSA) is 29.1 Å². The summed E-state index contributed by atoms with van der Waals surface area (Å²) in [6, 6.07) is 9.27. The van der Waals surface area contributed by atoms with Gasteiger partial charge in [0.2, 0.25) is 0 Å². The Labute approximate surface area is 78.4 Å². The van der Waals surface area contributed by atoms with E-state index in [9.17, 15) is 4.79 Å². The number of nitrogens with one attached hydrogen (secondary N) is 1. The smallest absolute Gasteiger partial charge is 0.176 e. The van der Waals surface area contributed by atoms with Crippen LogP contribution in [0.3, 0.4) is 0 Å². The Kier molecular flexibility index (Phi) is 5.34. The molecule has 1 aromatic carbocycles. The summed E-state index contributed by atoms with van der Waals surface area (Å²) in [5, 5.41) is 2.82. The second-order valence-electron chi connectivity index (χ2n) is 2.32. The van der Waals surface area contributed by atoms with Crippen LogP contribution in [-0.4, -0.2) is 19.4 Å². The number of carbonyl (C=O) groups is 1. The van der Waals surface area contributed by atoms with Crippen molar-refractivity contribution in [3.63, 3.8) is 0 Å². The zero-order valence-electron chi connectivity index (χ0n) is 6.88. The quantitative estimate of drug-likeness (QED) is 0.556.